The Labute approximate surface area is 191 Å². The zero-order valence-electron chi connectivity index (χ0n) is 19.3. The van der Waals surface area contributed by atoms with E-state index < -0.39 is 8.07 Å². The Bertz CT molecular complexity index is 998. The number of nitrogens with zero attached hydrogens (tertiary/aromatic N) is 1. The average molecular weight is 452 g/mol. The zero-order valence-corrected chi connectivity index (χ0v) is 20.3. The smallest absolute Gasteiger partial charge is 0.338 e. The number of aliphatic hydroxyl groups excluding tert-OH is 1. The molecule has 3 N–H and O–H groups in total. The summed E-state index contributed by atoms with van der Waals surface area (Å²) in [6.45, 7) is 9.24. The van der Waals surface area contributed by atoms with Gasteiger partial charge in [0.2, 0.25) is 0 Å². The highest BCUT2D eigenvalue weighted by Gasteiger charge is 2.27. The maximum atomic E-state index is 12.9. The molecule has 0 radical (unpaired) electrons. The number of carbonyl (C=O) groups is 1. The highest BCUT2D eigenvalue weighted by atomic mass is 28.3. The van der Waals surface area contributed by atoms with Crippen molar-refractivity contribution in [1.29, 1.82) is 0 Å². The molecular formula is C25H33N3O3Si. The van der Waals surface area contributed by atoms with E-state index in [1.165, 1.54) is 0 Å². The van der Waals surface area contributed by atoms with Crippen LogP contribution in [0.2, 0.25) is 19.6 Å². The zero-order chi connectivity index (χ0) is 23.1. The van der Waals surface area contributed by atoms with E-state index >= 15 is 0 Å². The number of rotatable bonds is 10. The summed E-state index contributed by atoms with van der Waals surface area (Å²) in [6.07, 6.45) is 4.14. The first-order chi connectivity index (χ1) is 15.3. The predicted molar refractivity (Wildman–Crippen MR) is 130 cm³/mol. The van der Waals surface area contributed by atoms with Gasteiger partial charge in [0.25, 0.3) is 0 Å². The molecule has 0 fully saturated rings. The van der Waals surface area contributed by atoms with Crippen LogP contribution in [0, 0.1) is 0 Å². The van der Waals surface area contributed by atoms with Gasteiger partial charge in [0, 0.05) is 25.2 Å². The van der Waals surface area contributed by atoms with Gasteiger partial charge in [0.1, 0.15) is 0 Å². The van der Waals surface area contributed by atoms with Crippen molar-refractivity contribution in [2.75, 3.05) is 6.61 Å². The van der Waals surface area contributed by atoms with Crippen LogP contribution in [0.5, 0.6) is 0 Å². The molecule has 2 atom stereocenters. The van der Waals surface area contributed by atoms with Crippen molar-refractivity contribution in [1.82, 2.24) is 15.3 Å². The second-order valence-corrected chi connectivity index (χ2v) is 14.7. The number of carbonyl (C=O) groups excluding carboxylic acids is 1. The Morgan fingerprint density at radius 3 is 2.50 bits per heavy atom. The van der Waals surface area contributed by atoms with Gasteiger partial charge < -0.3 is 20.1 Å². The van der Waals surface area contributed by atoms with Crippen LogP contribution in [-0.2, 0) is 17.7 Å². The minimum absolute atomic E-state index is 0.0380. The van der Waals surface area contributed by atoms with Crippen molar-refractivity contribution in [2.24, 2.45) is 0 Å². The fourth-order valence-corrected chi connectivity index (χ4v) is 3.69. The summed E-state index contributed by atoms with van der Waals surface area (Å²) in [5.74, 6) is -0.273. The Morgan fingerprint density at radius 2 is 1.88 bits per heavy atom. The minimum Gasteiger partial charge on any atom is -0.463 e. The molecule has 1 heterocycles. The quantitative estimate of drug-likeness (QED) is 0.318. The summed E-state index contributed by atoms with van der Waals surface area (Å²) in [5.41, 5.74) is 4.38. The van der Waals surface area contributed by atoms with Crippen molar-refractivity contribution in [3.8, 4) is 11.1 Å². The molecule has 1 aromatic heterocycles. The number of esters is 1. The van der Waals surface area contributed by atoms with Gasteiger partial charge in [0.05, 0.1) is 38.0 Å². The average Bonchev–Trinajstić information content (AvgIpc) is 3.29. The molecule has 6 nitrogen and oxygen atoms in total. The van der Waals surface area contributed by atoms with Gasteiger partial charge in [-0.25, -0.2) is 9.78 Å². The lowest BCUT2D eigenvalue weighted by Gasteiger charge is -2.25. The molecule has 0 saturated heterocycles. The molecule has 0 amide bonds. The second kappa shape index (κ2) is 10.7. The first-order valence-electron chi connectivity index (χ1n) is 11.0. The fraction of sp³-hybridized carbons (Fsp3) is 0.360. The third-order valence-corrected chi connectivity index (χ3v) is 8.30. The molecule has 32 heavy (non-hydrogen) atoms. The Hall–Kier alpha value is -2.74. The molecule has 0 aliphatic rings. The van der Waals surface area contributed by atoms with Crippen LogP contribution in [0.1, 0.15) is 28.5 Å². The number of nitrogens with one attached hydrogen (secondary N) is 2. The van der Waals surface area contributed by atoms with E-state index in [4.69, 9.17) is 4.74 Å². The van der Waals surface area contributed by atoms with Gasteiger partial charge in [-0.3, -0.25) is 0 Å². The highest BCUT2D eigenvalue weighted by molar-refractivity contribution is 6.77. The molecule has 0 spiro atoms. The largest absolute Gasteiger partial charge is 0.463 e. The number of H-pyrrole nitrogens is 1. The molecule has 0 aliphatic heterocycles. The van der Waals surface area contributed by atoms with E-state index in [2.05, 4.69) is 34.9 Å². The number of hydrogen-bond acceptors (Lipinski definition) is 5. The van der Waals surface area contributed by atoms with Crippen molar-refractivity contribution in [2.45, 2.75) is 51.3 Å². The van der Waals surface area contributed by atoms with E-state index in [1.807, 2.05) is 61.7 Å². The molecule has 3 rings (SSSR count). The lowest BCUT2D eigenvalue weighted by Crippen LogP contribution is -2.39. The van der Waals surface area contributed by atoms with Crippen molar-refractivity contribution in [3.05, 3.63) is 77.9 Å². The normalized spacial score (nSPS) is 13.5. The SMILES string of the molecule is CC(OC(=O)c1ccccc1-c1ccc(CN[C@H](CO)Cc2c[nH]cn2)cc1)[Si](C)(C)C. The highest BCUT2D eigenvalue weighted by Crippen LogP contribution is 2.26. The molecular weight excluding hydrogens is 418 g/mol. The van der Waals surface area contributed by atoms with Crippen LogP contribution in [-0.4, -0.2) is 47.5 Å². The number of aromatic nitrogens is 2. The number of hydrogen-bond donors (Lipinski definition) is 3. The second-order valence-electron chi connectivity index (χ2n) is 9.18. The summed E-state index contributed by atoms with van der Waals surface area (Å²) in [5, 5.41) is 13.0. The van der Waals surface area contributed by atoms with Gasteiger partial charge >= 0.3 is 5.97 Å². The minimum atomic E-state index is -1.58. The topological polar surface area (TPSA) is 87.2 Å². The van der Waals surface area contributed by atoms with Crippen LogP contribution in [0.25, 0.3) is 11.1 Å². The molecule has 2 aromatic carbocycles. The predicted octanol–water partition coefficient (Wildman–Crippen LogP) is 4.19. The Kier molecular flexibility index (Phi) is 8.01. The van der Waals surface area contributed by atoms with Crippen LogP contribution in [0.3, 0.4) is 0 Å². The van der Waals surface area contributed by atoms with Crippen LogP contribution in [0.4, 0.5) is 0 Å². The lowest BCUT2D eigenvalue weighted by molar-refractivity contribution is 0.0456. The molecule has 170 valence electrons. The fourth-order valence-electron chi connectivity index (χ4n) is 3.23. The standard InChI is InChI=1S/C25H33N3O3Si/c1-18(32(2,3)4)31-25(30)24-8-6-5-7-23(24)20-11-9-19(10-12-20)14-27-22(16-29)13-21-15-26-17-28-21/h5-12,15,17-18,22,27,29H,13-14,16H2,1-4H3,(H,26,28)/t18?,22-/m0/s1. The summed E-state index contributed by atoms with van der Waals surface area (Å²) in [4.78, 5) is 20.0. The van der Waals surface area contributed by atoms with Gasteiger partial charge in [-0.05, 0) is 29.7 Å². The molecule has 0 saturated carbocycles. The Balaban J connectivity index is 1.67. The van der Waals surface area contributed by atoms with E-state index in [0.717, 1.165) is 22.4 Å². The maximum Gasteiger partial charge on any atom is 0.338 e. The molecule has 7 heteroatoms. The van der Waals surface area contributed by atoms with Crippen LogP contribution in [0.15, 0.2) is 61.1 Å². The van der Waals surface area contributed by atoms with Gasteiger partial charge in [0.15, 0.2) is 0 Å². The number of aliphatic hydroxyl groups is 1. The van der Waals surface area contributed by atoms with Crippen molar-refractivity contribution < 1.29 is 14.6 Å². The number of benzene rings is 2. The third-order valence-electron chi connectivity index (χ3n) is 5.74. The summed E-state index contributed by atoms with van der Waals surface area (Å²) < 4.78 is 5.79. The summed E-state index contributed by atoms with van der Waals surface area (Å²) >= 11 is 0. The van der Waals surface area contributed by atoms with E-state index in [0.29, 0.717) is 18.5 Å². The first-order valence-corrected chi connectivity index (χ1v) is 14.6. The van der Waals surface area contributed by atoms with Crippen molar-refractivity contribution in [3.63, 3.8) is 0 Å². The number of ether oxygens (including phenoxy) is 1. The van der Waals surface area contributed by atoms with Gasteiger partial charge in [-0.2, -0.15) is 0 Å². The molecule has 0 aliphatic carbocycles. The third kappa shape index (κ3) is 6.38. The van der Waals surface area contributed by atoms with E-state index in [1.54, 1.807) is 6.33 Å². The number of aromatic amines is 1. The summed E-state index contributed by atoms with van der Waals surface area (Å²) in [7, 11) is -1.58. The number of imidazole rings is 1. The maximum absolute atomic E-state index is 12.9. The van der Waals surface area contributed by atoms with Crippen LogP contribution >= 0.6 is 0 Å². The van der Waals surface area contributed by atoms with E-state index in [-0.39, 0.29) is 24.3 Å². The van der Waals surface area contributed by atoms with Gasteiger partial charge in [-0.15, -0.1) is 0 Å². The first kappa shape index (κ1) is 23.9. The summed E-state index contributed by atoms with van der Waals surface area (Å²) in [6, 6.07) is 15.6. The molecule has 3 aromatic rings. The molecule has 0 bridgehead atoms. The van der Waals surface area contributed by atoms with Crippen LogP contribution < -0.4 is 5.32 Å². The van der Waals surface area contributed by atoms with Gasteiger partial charge in [-0.1, -0.05) is 62.1 Å². The van der Waals surface area contributed by atoms with E-state index in [9.17, 15) is 9.90 Å². The van der Waals surface area contributed by atoms with Crippen molar-refractivity contribution >= 4 is 14.0 Å². The molecule has 1 unspecified atom stereocenters. The lowest BCUT2D eigenvalue weighted by atomic mass is 9.98. The Morgan fingerprint density at radius 1 is 1.16 bits per heavy atom. The monoisotopic (exact) mass is 451 g/mol.